The maximum absolute atomic E-state index is 10.5. The molecule has 0 saturated carbocycles. The Morgan fingerprint density at radius 3 is 2.38 bits per heavy atom. The highest BCUT2D eigenvalue weighted by atomic mass is 35.7. The molecule has 0 saturated heterocycles. The van der Waals surface area contributed by atoms with Crippen molar-refractivity contribution in [3.63, 3.8) is 0 Å². The van der Waals surface area contributed by atoms with Crippen molar-refractivity contribution in [3.05, 3.63) is 0 Å². The summed E-state index contributed by atoms with van der Waals surface area (Å²) in [4.78, 5) is 0. The molecule has 0 heterocycles. The van der Waals surface area contributed by atoms with Gasteiger partial charge in [-0.3, -0.25) is 0 Å². The molecule has 0 unspecified atom stereocenters. The Bertz CT molecular complexity index is 203. The lowest BCUT2D eigenvalue weighted by atomic mass is 10.4. The van der Waals surface area contributed by atoms with E-state index in [1.54, 1.807) is 7.11 Å². The summed E-state index contributed by atoms with van der Waals surface area (Å²) in [5, 5.41) is 0. The highest BCUT2D eigenvalue weighted by Gasteiger charge is 2.03. The molecule has 0 fully saturated rings. The smallest absolute Gasteiger partial charge is 0.232 e. The third-order valence-electron chi connectivity index (χ3n) is 1.36. The Hall–Kier alpha value is 0.160. The Balaban J connectivity index is 3.09. The second-order valence-electron chi connectivity index (χ2n) is 2.56. The van der Waals surface area contributed by atoms with E-state index < -0.39 is 9.05 Å². The number of hydrogen-bond donors (Lipinski definition) is 0. The molecule has 4 nitrogen and oxygen atoms in total. The van der Waals surface area contributed by atoms with Crippen LogP contribution in [-0.2, 0) is 18.5 Å². The molecule has 0 aromatic heterocycles. The van der Waals surface area contributed by atoms with Crippen molar-refractivity contribution in [2.75, 3.05) is 32.7 Å². The first kappa shape index (κ1) is 13.2. The van der Waals surface area contributed by atoms with Gasteiger partial charge >= 0.3 is 0 Å². The Morgan fingerprint density at radius 2 is 1.85 bits per heavy atom. The second-order valence-corrected chi connectivity index (χ2v) is 5.45. The molecule has 0 aromatic carbocycles. The van der Waals surface area contributed by atoms with E-state index in [4.69, 9.17) is 20.2 Å². The van der Waals surface area contributed by atoms with Crippen molar-refractivity contribution in [1.82, 2.24) is 0 Å². The molecule has 0 bridgehead atoms. The van der Waals surface area contributed by atoms with E-state index in [0.717, 1.165) is 0 Å². The SMILES string of the molecule is COCCOCCCCS(=O)(=O)Cl. The van der Waals surface area contributed by atoms with Crippen LogP contribution in [0.15, 0.2) is 0 Å². The van der Waals surface area contributed by atoms with Crippen LogP contribution in [0, 0.1) is 0 Å². The van der Waals surface area contributed by atoms with Gasteiger partial charge < -0.3 is 9.47 Å². The largest absolute Gasteiger partial charge is 0.382 e. The highest BCUT2D eigenvalue weighted by molar-refractivity contribution is 8.13. The van der Waals surface area contributed by atoms with E-state index in [-0.39, 0.29) is 5.75 Å². The quantitative estimate of drug-likeness (QED) is 0.461. The monoisotopic (exact) mass is 230 g/mol. The Labute approximate surface area is 83.6 Å². The van der Waals surface area contributed by atoms with Crippen LogP contribution >= 0.6 is 10.7 Å². The van der Waals surface area contributed by atoms with Gasteiger partial charge in [0.25, 0.3) is 0 Å². The first-order valence-electron chi connectivity index (χ1n) is 4.05. The lowest BCUT2D eigenvalue weighted by Gasteiger charge is -2.01. The van der Waals surface area contributed by atoms with E-state index in [1.807, 2.05) is 0 Å². The molecule has 0 aliphatic rings. The molecular weight excluding hydrogens is 216 g/mol. The van der Waals surface area contributed by atoms with Crippen LogP contribution in [0.5, 0.6) is 0 Å². The van der Waals surface area contributed by atoms with Crippen LogP contribution in [0.1, 0.15) is 12.8 Å². The van der Waals surface area contributed by atoms with E-state index in [1.165, 1.54) is 0 Å². The van der Waals surface area contributed by atoms with Crippen molar-refractivity contribution >= 4 is 19.7 Å². The molecule has 0 rings (SSSR count). The van der Waals surface area contributed by atoms with Gasteiger partial charge in [0.2, 0.25) is 9.05 Å². The van der Waals surface area contributed by atoms with E-state index in [2.05, 4.69) is 0 Å². The first-order chi connectivity index (χ1) is 6.06. The summed E-state index contributed by atoms with van der Waals surface area (Å²) >= 11 is 0. The minimum Gasteiger partial charge on any atom is -0.382 e. The molecule has 0 atom stereocenters. The van der Waals surface area contributed by atoms with Gasteiger partial charge in [-0.2, -0.15) is 0 Å². The number of rotatable bonds is 8. The van der Waals surface area contributed by atoms with Gasteiger partial charge in [0.05, 0.1) is 19.0 Å². The fraction of sp³-hybridized carbons (Fsp3) is 1.00. The summed E-state index contributed by atoms with van der Waals surface area (Å²) in [6.45, 7) is 1.66. The maximum Gasteiger partial charge on any atom is 0.232 e. The van der Waals surface area contributed by atoms with Gasteiger partial charge in [0.15, 0.2) is 0 Å². The third kappa shape index (κ3) is 12.2. The molecule has 0 aliphatic heterocycles. The molecule has 6 heteroatoms. The predicted octanol–water partition coefficient (Wildman–Crippen LogP) is 0.998. The zero-order valence-electron chi connectivity index (χ0n) is 7.66. The zero-order valence-corrected chi connectivity index (χ0v) is 9.23. The van der Waals surface area contributed by atoms with Crippen LogP contribution in [-0.4, -0.2) is 41.1 Å². The average Bonchev–Trinajstić information content (AvgIpc) is 2.01. The molecule has 80 valence electrons. The lowest BCUT2D eigenvalue weighted by Crippen LogP contribution is -2.04. The number of ether oxygens (including phenoxy) is 2. The molecule has 0 amide bonds. The summed E-state index contributed by atoms with van der Waals surface area (Å²) < 4.78 is 30.8. The average molecular weight is 231 g/mol. The van der Waals surface area contributed by atoms with E-state index >= 15 is 0 Å². The van der Waals surface area contributed by atoms with Crippen LogP contribution in [0.25, 0.3) is 0 Å². The number of halogens is 1. The summed E-state index contributed by atoms with van der Waals surface area (Å²) in [5.74, 6) is 0.0161. The molecule has 0 N–H and O–H groups in total. The molecular formula is C7H15ClO4S. The molecule has 0 aliphatic carbocycles. The van der Waals surface area contributed by atoms with Crippen LogP contribution in [0.2, 0.25) is 0 Å². The van der Waals surface area contributed by atoms with Crippen molar-refractivity contribution in [3.8, 4) is 0 Å². The van der Waals surface area contributed by atoms with Gasteiger partial charge in [0, 0.05) is 24.4 Å². The van der Waals surface area contributed by atoms with Crippen LogP contribution < -0.4 is 0 Å². The third-order valence-corrected chi connectivity index (χ3v) is 2.60. The summed E-state index contributed by atoms with van der Waals surface area (Å²) in [5.41, 5.74) is 0. The summed E-state index contributed by atoms with van der Waals surface area (Å²) in [6.07, 6.45) is 1.24. The van der Waals surface area contributed by atoms with Gasteiger partial charge in [-0.25, -0.2) is 8.42 Å². The van der Waals surface area contributed by atoms with Gasteiger partial charge in [0.1, 0.15) is 0 Å². The summed E-state index contributed by atoms with van der Waals surface area (Å²) in [6, 6.07) is 0. The molecule has 0 spiro atoms. The Morgan fingerprint density at radius 1 is 1.15 bits per heavy atom. The van der Waals surface area contributed by atoms with E-state index in [0.29, 0.717) is 32.7 Å². The molecule has 0 radical (unpaired) electrons. The number of unbranched alkanes of at least 4 members (excludes halogenated alkanes) is 1. The van der Waals surface area contributed by atoms with Crippen molar-refractivity contribution in [2.45, 2.75) is 12.8 Å². The molecule has 0 aromatic rings. The fourth-order valence-corrected chi connectivity index (χ4v) is 1.60. The zero-order chi connectivity index (χ0) is 10.2. The van der Waals surface area contributed by atoms with Gasteiger partial charge in [-0.1, -0.05) is 0 Å². The second kappa shape index (κ2) is 7.55. The van der Waals surface area contributed by atoms with Gasteiger partial charge in [-0.05, 0) is 12.8 Å². The first-order valence-corrected chi connectivity index (χ1v) is 6.53. The molecule has 13 heavy (non-hydrogen) atoms. The van der Waals surface area contributed by atoms with Crippen molar-refractivity contribution < 1.29 is 17.9 Å². The minimum absolute atomic E-state index is 0.0161. The predicted molar refractivity (Wildman–Crippen MR) is 51.6 cm³/mol. The normalized spacial score (nSPS) is 11.8. The fourth-order valence-electron chi connectivity index (χ4n) is 0.723. The van der Waals surface area contributed by atoms with Gasteiger partial charge in [-0.15, -0.1) is 0 Å². The number of hydrogen-bond acceptors (Lipinski definition) is 4. The van der Waals surface area contributed by atoms with Crippen molar-refractivity contribution in [2.24, 2.45) is 0 Å². The topological polar surface area (TPSA) is 52.6 Å². The van der Waals surface area contributed by atoms with Crippen molar-refractivity contribution in [1.29, 1.82) is 0 Å². The number of methoxy groups -OCH3 is 1. The summed E-state index contributed by atoms with van der Waals surface area (Å²) in [7, 11) is 3.28. The maximum atomic E-state index is 10.5. The minimum atomic E-state index is -3.33. The standard InChI is InChI=1S/C7H15ClO4S/c1-11-5-6-12-4-2-3-7-13(8,9)10/h2-7H2,1H3. The highest BCUT2D eigenvalue weighted by Crippen LogP contribution is 2.01. The van der Waals surface area contributed by atoms with E-state index in [9.17, 15) is 8.42 Å². The van der Waals surface area contributed by atoms with Crippen LogP contribution in [0.4, 0.5) is 0 Å². The Kier molecular flexibility index (Phi) is 7.65. The lowest BCUT2D eigenvalue weighted by molar-refractivity contribution is 0.0693. The van der Waals surface area contributed by atoms with Crippen LogP contribution in [0.3, 0.4) is 0 Å².